The van der Waals surface area contributed by atoms with Gasteiger partial charge < -0.3 is 15.6 Å². The highest BCUT2D eigenvalue weighted by molar-refractivity contribution is 5.73. The normalized spacial score (nSPS) is 13.2. The molecule has 48 valence electrons. The minimum absolute atomic E-state index is 0.142. The number of amides is 1. The van der Waals surface area contributed by atoms with Gasteiger partial charge in [0.1, 0.15) is 0 Å². The van der Waals surface area contributed by atoms with Crippen molar-refractivity contribution in [1.82, 2.24) is 0 Å². The molecule has 0 aliphatic carbocycles. The molecule has 1 amide bonds. The fraction of sp³-hybridized carbons (Fsp3) is 0.750. The van der Waals surface area contributed by atoms with Gasteiger partial charge in [0.15, 0.2) is 6.29 Å². The molecule has 0 aromatic carbocycles. The van der Waals surface area contributed by atoms with Crippen molar-refractivity contribution in [3.05, 3.63) is 0 Å². The molecule has 0 aliphatic rings. The van der Waals surface area contributed by atoms with Crippen molar-refractivity contribution in [2.75, 3.05) is 7.11 Å². The summed E-state index contributed by atoms with van der Waals surface area (Å²) in [5.74, 6) is -0.570. The summed E-state index contributed by atoms with van der Waals surface area (Å²) >= 11 is 0. The van der Waals surface area contributed by atoms with E-state index >= 15 is 0 Å². The monoisotopic (exact) mass is 119 g/mol. The van der Waals surface area contributed by atoms with Gasteiger partial charge in [0.05, 0.1) is 6.42 Å². The van der Waals surface area contributed by atoms with Crippen LogP contribution in [0, 0.1) is 0 Å². The lowest BCUT2D eigenvalue weighted by molar-refractivity contribution is -0.130. The molecular formula is C4H9NO3. The van der Waals surface area contributed by atoms with Crippen molar-refractivity contribution in [3.8, 4) is 0 Å². The first-order valence-electron chi connectivity index (χ1n) is 2.16. The maximum Gasteiger partial charge on any atom is 0.222 e. The Kier molecular flexibility index (Phi) is 3.14. The number of methoxy groups -OCH3 is 1. The first-order chi connectivity index (χ1) is 3.66. The molecule has 0 aromatic rings. The molecule has 0 saturated heterocycles. The summed E-state index contributed by atoms with van der Waals surface area (Å²) in [5.41, 5.74) is 4.69. The van der Waals surface area contributed by atoms with Gasteiger partial charge >= 0.3 is 0 Å². The molecule has 3 N–H and O–H groups in total. The van der Waals surface area contributed by atoms with Gasteiger partial charge in [-0.3, -0.25) is 4.79 Å². The van der Waals surface area contributed by atoms with E-state index in [9.17, 15) is 4.79 Å². The molecule has 0 fully saturated rings. The summed E-state index contributed by atoms with van der Waals surface area (Å²) in [6.07, 6.45) is -1.19. The highest BCUT2D eigenvalue weighted by Crippen LogP contribution is 1.87. The van der Waals surface area contributed by atoms with Crippen LogP contribution in [0.2, 0.25) is 0 Å². The first-order valence-corrected chi connectivity index (χ1v) is 2.16. The second kappa shape index (κ2) is 3.40. The predicted octanol–water partition coefficient (Wildman–Crippen LogP) is -1.17. The molecule has 0 aromatic heterocycles. The van der Waals surface area contributed by atoms with Crippen molar-refractivity contribution in [2.24, 2.45) is 5.73 Å². The number of rotatable bonds is 3. The summed E-state index contributed by atoms with van der Waals surface area (Å²) in [5, 5.41) is 8.51. The van der Waals surface area contributed by atoms with Gasteiger partial charge in [-0.05, 0) is 0 Å². The Bertz CT molecular complexity index is 83.4. The maximum atomic E-state index is 9.95. The molecule has 0 bridgehead atoms. The predicted molar refractivity (Wildman–Crippen MR) is 26.8 cm³/mol. The average Bonchev–Trinajstić information content (AvgIpc) is 1.65. The minimum Gasteiger partial charge on any atom is -0.370 e. The molecule has 0 aliphatic heterocycles. The molecule has 4 heteroatoms. The van der Waals surface area contributed by atoms with Crippen LogP contribution in [0.5, 0.6) is 0 Å². The van der Waals surface area contributed by atoms with Crippen LogP contribution in [0.25, 0.3) is 0 Å². The zero-order chi connectivity index (χ0) is 6.57. The van der Waals surface area contributed by atoms with Crippen LogP contribution in [-0.4, -0.2) is 24.4 Å². The second-order valence-corrected chi connectivity index (χ2v) is 1.36. The molecular weight excluding hydrogens is 110 g/mol. The smallest absolute Gasteiger partial charge is 0.222 e. The highest BCUT2D eigenvalue weighted by Gasteiger charge is 2.03. The fourth-order valence-electron chi connectivity index (χ4n) is 0.255. The van der Waals surface area contributed by atoms with Gasteiger partial charge in [0.2, 0.25) is 5.91 Å². The summed E-state index contributed by atoms with van der Waals surface area (Å²) in [6.45, 7) is 0. The standard InChI is InChI=1S/C4H9NO3/c1-8-4(7)2-3(5)6/h4,7H,2H2,1H3,(H2,5,6). The average molecular weight is 119 g/mol. The lowest BCUT2D eigenvalue weighted by Crippen LogP contribution is -2.20. The summed E-state index contributed by atoms with van der Waals surface area (Å²) < 4.78 is 4.32. The van der Waals surface area contributed by atoms with Crippen LogP contribution < -0.4 is 5.73 Å². The number of carbonyl (C=O) groups is 1. The quantitative estimate of drug-likeness (QED) is 0.459. The van der Waals surface area contributed by atoms with Crippen LogP contribution in [0.3, 0.4) is 0 Å². The Labute approximate surface area is 47.2 Å². The van der Waals surface area contributed by atoms with E-state index in [1.54, 1.807) is 0 Å². The van der Waals surface area contributed by atoms with Crippen LogP contribution in [0.1, 0.15) is 6.42 Å². The zero-order valence-electron chi connectivity index (χ0n) is 4.63. The lowest BCUT2D eigenvalue weighted by atomic mass is 10.4. The Morgan fingerprint density at radius 1 is 2.00 bits per heavy atom. The molecule has 0 rings (SSSR count). The summed E-state index contributed by atoms with van der Waals surface area (Å²) in [4.78, 5) is 9.95. The van der Waals surface area contributed by atoms with E-state index in [2.05, 4.69) is 10.5 Å². The molecule has 0 spiro atoms. The number of ether oxygens (including phenoxy) is 1. The van der Waals surface area contributed by atoms with Gasteiger partial charge in [-0.1, -0.05) is 0 Å². The number of aliphatic hydroxyl groups excluding tert-OH is 1. The lowest BCUT2D eigenvalue weighted by Gasteiger charge is -2.02. The van der Waals surface area contributed by atoms with Crippen molar-refractivity contribution in [3.63, 3.8) is 0 Å². The number of hydrogen-bond acceptors (Lipinski definition) is 3. The van der Waals surface area contributed by atoms with Crippen LogP contribution in [0.15, 0.2) is 0 Å². The topological polar surface area (TPSA) is 72.6 Å². The Morgan fingerprint density at radius 2 is 2.50 bits per heavy atom. The minimum atomic E-state index is -1.05. The Hall–Kier alpha value is -0.610. The number of primary amides is 1. The van der Waals surface area contributed by atoms with E-state index in [0.717, 1.165) is 0 Å². The van der Waals surface area contributed by atoms with Crippen molar-refractivity contribution < 1.29 is 14.6 Å². The number of nitrogens with two attached hydrogens (primary N) is 1. The van der Waals surface area contributed by atoms with E-state index in [1.807, 2.05) is 0 Å². The van der Waals surface area contributed by atoms with Gasteiger partial charge in [-0.2, -0.15) is 0 Å². The molecule has 0 radical (unpaired) electrons. The molecule has 0 heterocycles. The third kappa shape index (κ3) is 3.58. The fourth-order valence-corrected chi connectivity index (χ4v) is 0.255. The van der Waals surface area contributed by atoms with Crippen molar-refractivity contribution >= 4 is 5.91 Å². The van der Waals surface area contributed by atoms with Crippen LogP contribution >= 0.6 is 0 Å². The van der Waals surface area contributed by atoms with E-state index in [-0.39, 0.29) is 6.42 Å². The molecule has 8 heavy (non-hydrogen) atoms. The largest absolute Gasteiger partial charge is 0.370 e. The summed E-state index contributed by atoms with van der Waals surface area (Å²) in [7, 11) is 1.30. The Balaban J connectivity index is 3.24. The highest BCUT2D eigenvalue weighted by atomic mass is 16.6. The Morgan fingerprint density at radius 3 is 2.62 bits per heavy atom. The zero-order valence-corrected chi connectivity index (χ0v) is 4.63. The third-order valence-corrected chi connectivity index (χ3v) is 0.648. The first kappa shape index (κ1) is 7.39. The molecule has 1 unspecified atom stereocenters. The third-order valence-electron chi connectivity index (χ3n) is 0.648. The second-order valence-electron chi connectivity index (χ2n) is 1.36. The maximum absolute atomic E-state index is 9.95. The van der Waals surface area contributed by atoms with Crippen molar-refractivity contribution in [1.29, 1.82) is 0 Å². The van der Waals surface area contributed by atoms with Gasteiger partial charge in [-0.25, -0.2) is 0 Å². The molecule has 4 nitrogen and oxygen atoms in total. The summed E-state index contributed by atoms with van der Waals surface area (Å²) in [6, 6.07) is 0. The van der Waals surface area contributed by atoms with E-state index < -0.39 is 12.2 Å². The van der Waals surface area contributed by atoms with Crippen LogP contribution in [0.4, 0.5) is 0 Å². The number of hydrogen-bond donors (Lipinski definition) is 2. The van der Waals surface area contributed by atoms with Crippen LogP contribution in [-0.2, 0) is 9.53 Å². The molecule has 1 atom stereocenters. The van der Waals surface area contributed by atoms with Gasteiger partial charge in [-0.15, -0.1) is 0 Å². The van der Waals surface area contributed by atoms with Gasteiger partial charge in [0, 0.05) is 7.11 Å². The van der Waals surface area contributed by atoms with E-state index in [1.165, 1.54) is 7.11 Å². The number of carbonyl (C=O) groups excluding carboxylic acids is 1. The van der Waals surface area contributed by atoms with E-state index in [0.29, 0.717) is 0 Å². The SMILES string of the molecule is COC(O)CC(N)=O. The molecule has 0 saturated carbocycles. The van der Waals surface area contributed by atoms with Gasteiger partial charge in [0.25, 0.3) is 0 Å². The van der Waals surface area contributed by atoms with Crippen molar-refractivity contribution in [2.45, 2.75) is 12.7 Å². The van der Waals surface area contributed by atoms with E-state index in [4.69, 9.17) is 5.11 Å². The number of aliphatic hydroxyl groups is 1.